The summed E-state index contributed by atoms with van der Waals surface area (Å²) in [7, 11) is 0. The van der Waals surface area contributed by atoms with Crippen LogP contribution < -0.4 is 5.73 Å². The molecule has 0 aliphatic carbocycles. The number of imidazole rings is 1. The summed E-state index contributed by atoms with van der Waals surface area (Å²) in [6.07, 6.45) is 3.21. The van der Waals surface area contributed by atoms with Crippen LogP contribution in [0.15, 0.2) is 30.7 Å². The molecule has 1 aromatic heterocycles. The number of nitrogens with two attached hydrogens (primary N) is 1. The third-order valence-corrected chi connectivity index (χ3v) is 2.81. The fourth-order valence-corrected chi connectivity index (χ4v) is 2.08. The lowest BCUT2D eigenvalue weighted by Crippen LogP contribution is -2.18. The number of halogens is 2. The molecule has 1 atom stereocenters. The van der Waals surface area contributed by atoms with Gasteiger partial charge in [0.15, 0.2) is 0 Å². The van der Waals surface area contributed by atoms with Crippen molar-refractivity contribution in [2.24, 2.45) is 5.73 Å². The molecule has 3 N–H and O–H groups in total. The molecule has 2 rings (SSSR count). The van der Waals surface area contributed by atoms with Crippen molar-refractivity contribution in [2.45, 2.75) is 6.04 Å². The topological polar surface area (TPSA) is 64.1 Å². The predicted molar refractivity (Wildman–Crippen MR) is 67.6 cm³/mol. The van der Waals surface area contributed by atoms with E-state index in [9.17, 15) is 0 Å². The van der Waals surface area contributed by atoms with Crippen LogP contribution in [0.5, 0.6) is 0 Å². The van der Waals surface area contributed by atoms with Gasteiger partial charge in [-0.1, -0.05) is 23.2 Å². The van der Waals surface area contributed by atoms with Gasteiger partial charge in [0.2, 0.25) is 0 Å². The number of nitrogens with zero attached hydrogens (tertiary/aromatic N) is 2. The largest absolute Gasteiger partial charge is 0.394 e. The van der Waals surface area contributed by atoms with Crippen molar-refractivity contribution < 1.29 is 5.11 Å². The number of hydrogen-bond acceptors (Lipinski definition) is 3. The molecule has 0 saturated carbocycles. The Balaban J connectivity index is 2.49. The van der Waals surface area contributed by atoms with Gasteiger partial charge in [-0.15, -0.1) is 0 Å². The molecule has 0 bridgehead atoms. The Morgan fingerprint density at radius 1 is 1.29 bits per heavy atom. The fourth-order valence-electron chi connectivity index (χ4n) is 1.57. The van der Waals surface area contributed by atoms with E-state index < -0.39 is 6.04 Å². The summed E-state index contributed by atoms with van der Waals surface area (Å²) in [5, 5.41) is 10.1. The molecular formula is C11H11Cl2N3O. The van der Waals surface area contributed by atoms with E-state index >= 15 is 0 Å². The second kappa shape index (κ2) is 5.06. The van der Waals surface area contributed by atoms with Crippen molar-refractivity contribution in [1.82, 2.24) is 9.55 Å². The van der Waals surface area contributed by atoms with Crippen LogP contribution >= 0.6 is 23.2 Å². The third-order valence-electron chi connectivity index (χ3n) is 2.37. The lowest BCUT2D eigenvalue weighted by molar-refractivity contribution is 0.265. The van der Waals surface area contributed by atoms with Crippen LogP contribution in [0.25, 0.3) is 5.69 Å². The van der Waals surface area contributed by atoms with Crippen LogP contribution in [-0.2, 0) is 0 Å². The van der Waals surface area contributed by atoms with E-state index in [2.05, 4.69) is 4.98 Å². The molecule has 0 aliphatic heterocycles. The summed E-state index contributed by atoms with van der Waals surface area (Å²) in [4.78, 5) is 4.01. The van der Waals surface area contributed by atoms with Crippen molar-refractivity contribution in [1.29, 1.82) is 0 Å². The first-order valence-electron chi connectivity index (χ1n) is 4.97. The smallest absolute Gasteiger partial charge is 0.0994 e. The molecule has 1 heterocycles. The van der Waals surface area contributed by atoms with Crippen LogP contribution in [0.1, 0.15) is 11.7 Å². The molecule has 1 aromatic carbocycles. The number of aliphatic hydroxyl groups excluding tert-OH is 1. The van der Waals surface area contributed by atoms with Crippen LogP contribution in [-0.4, -0.2) is 21.3 Å². The summed E-state index contributed by atoms with van der Waals surface area (Å²) in [5.74, 6) is 0. The van der Waals surface area contributed by atoms with E-state index in [0.29, 0.717) is 15.7 Å². The minimum Gasteiger partial charge on any atom is -0.394 e. The molecular weight excluding hydrogens is 261 g/mol. The molecule has 4 nitrogen and oxygen atoms in total. The van der Waals surface area contributed by atoms with E-state index in [1.807, 2.05) is 0 Å². The zero-order valence-electron chi connectivity index (χ0n) is 8.85. The van der Waals surface area contributed by atoms with E-state index in [-0.39, 0.29) is 6.61 Å². The average molecular weight is 272 g/mol. The Hall–Kier alpha value is -1.07. The van der Waals surface area contributed by atoms with Crippen LogP contribution in [0.2, 0.25) is 10.0 Å². The highest BCUT2D eigenvalue weighted by Gasteiger charge is 2.12. The fraction of sp³-hybridized carbons (Fsp3) is 0.182. The molecule has 0 amide bonds. The second-order valence-electron chi connectivity index (χ2n) is 3.61. The Labute approximate surface area is 109 Å². The summed E-state index contributed by atoms with van der Waals surface area (Å²) < 4.78 is 1.75. The molecule has 2 aromatic rings. The van der Waals surface area contributed by atoms with Gasteiger partial charge < -0.3 is 15.4 Å². The summed E-state index contributed by atoms with van der Waals surface area (Å²) in [6.45, 7) is -0.153. The van der Waals surface area contributed by atoms with Crippen molar-refractivity contribution in [3.05, 3.63) is 46.5 Å². The van der Waals surface area contributed by atoms with E-state index in [1.165, 1.54) is 0 Å². The highest BCUT2D eigenvalue weighted by atomic mass is 35.5. The van der Waals surface area contributed by atoms with Gasteiger partial charge in [0, 0.05) is 15.7 Å². The number of aliphatic hydroxyl groups is 1. The van der Waals surface area contributed by atoms with Crippen molar-refractivity contribution >= 4 is 23.2 Å². The molecule has 0 saturated heterocycles. The number of aromatic nitrogens is 2. The quantitative estimate of drug-likeness (QED) is 0.900. The number of benzene rings is 1. The Kier molecular flexibility index (Phi) is 3.69. The predicted octanol–water partition coefficient (Wildman–Crippen LogP) is 2.17. The summed E-state index contributed by atoms with van der Waals surface area (Å²) in [6, 6.07) is 4.66. The number of hydrogen-bond donors (Lipinski definition) is 2. The highest BCUT2D eigenvalue weighted by Crippen LogP contribution is 2.24. The van der Waals surface area contributed by atoms with E-state index in [0.717, 1.165) is 5.69 Å². The maximum atomic E-state index is 9.07. The zero-order valence-corrected chi connectivity index (χ0v) is 10.4. The van der Waals surface area contributed by atoms with Crippen molar-refractivity contribution in [3.63, 3.8) is 0 Å². The molecule has 90 valence electrons. The Bertz CT molecular complexity index is 507. The van der Waals surface area contributed by atoms with Gasteiger partial charge in [0.25, 0.3) is 0 Å². The van der Waals surface area contributed by atoms with Gasteiger partial charge >= 0.3 is 0 Å². The summed E-state index contributed by atoms with van der Waals surface area (Å²) >= 11 is 11.9. The first-order valence-corrected chi connectivity index (χ1v) is 5.72. The standard InChI is InChI=1S/C11H11Cl2N3O/c12-7-1-8(13)3-9(2-7)16-6-15-4-11(16)10(14)5-17/h1-4,6,10,17H,5,14H2. The lowest BCUT2D eigenvalue weighted by Gasteiger charge is -2.13. The molecule has 0 radical (unpaired) electrons. The molecule has 0 spiro atoms. The average Bonchev–Trinajstić information content (AvgIpc) is 2.75. The molecule has 6 heteroatoms. The Morgan fingerprint density at radius 2 is 1.94 bits per heavy atom. The van der Waals surface area contributed by atoms with Crippen molar-refractivity contribution in [3.8, 4) is 5.69 Å². The SMILES string of the molecule is NC(CO)c1cncn1-c1cc(Cl)cc(Cl)c1. The molecule has 17 heavy (non-hydrogen) atoms. The number of rotatable bonds is 3. The maximum Gasteiger partial charge on any atom is 0.0994 e. The van der Waals surface area contributed by atoms with Gasteiger partial charge in [0.05, 0.1) is 30.9 Å². The van der Waals surface area contributed by atoms with Gasteiger partial charge in [-0.3, -0.25) is 0 Å². The van der Waals surface area contributed by atoms with Crippen molar-refractivity contribution in [2.75, 3.05) is 6.61 Å². The van der Waals surface area contributed by atoms with Gasteiger partial charge in [-0.2, -0.15) is 0 Å². The van der Waals surface area contributed by atoms with E-state index in [1.54, 1.807) is 35.3 Å². The third kappa shape index (κ3) is 2.61. The first-order chi connectivity index (χ1) is 8.11. The second-order valence-corrected chi connectivity index (χ2v) is 4.48. The first kappa shape index (κ1) is 12.4. The normalized spacial score (nSPS) is 12.7. The zero-order chi connectivity index (χ0) is 12.4. The highest BCUT2D eigenvalue weighted by molar-refractivity contribution is 6.34. The van der Waals surface area contributed by atoms with Crippen LogP contribution in [0.4, 0.5) is 0 Å². The van der Waals surface area contributed by atoms with Crippen LogP contribution in [0, 0.1) is 0 Å². The van der Waals surface area contributed by atoms with Gasteiger partial charge in [0.1, 0.15) is 0 Å². The summed E-state index contributed by atoms with van der Waals surface area (Å²) in [5.41, 5.74) is 7.24. The Morgan fingerprint density at radius 3 is 2.53 bits per heavy atom. The molecule has 0 fully saturated rings. The monoisotopic (exact) mass is 271 g/mol. The van der Waals surface area contributed by atoms with Crippen LogP contribution in [0.3, 0.4) is 0 Å². The minimum atomic E-state index is -0.491. The van der Waals surface area contributed by atoms with Gasteiger partial charge in [-0.05, 0) is 18.2 Å². The minimum absolute atomic E-state index is 0.153. The lowest BCUT2D eigenvalue weighted by atomic mass is 10.2. The van der Waals surface area contributed by atoms with Gasteiger partial charge in [-0.25, -0.2) is 4.98 Å². The maximum absolute atomic E-state index is 9.07. The van der Waals surface area contributed by atoms with E-state index in [4.69, 9.17) is 34.0 Å². The molecule has 0 aliphatic rings. The molecule has 1 unspecified atom stereocenters.